The fourth-order valence-corrected chi connectivity index (χ4v) is 5.43. The Morgan fingerprint density at radius 1 is 0.853 bits per heavy atom. The largest absolute Gasteiger partial charge is 0.494 e. The molecule has 0 bridgehead atoms. The maximum atomic E-state index is 13.0. The van der Waals surface area contributed by atoms with E-state index in [9.17, 15) is 9.59 Å². The molecule has 176 valence electrons. The number of para-hydroxylation sites is 1. The number of methoxy groups -OCH3 is 1. The van der Waals surface area contributed by atoms with E-state index in [4.69, 9.17) is 62.7 Å². The van der Waals surface area contributed by atoms with Gasteiger partial charge in [0, 0.05) is 17.3 Å². The Morgan fingerprint density at radius 2 is 1.50 bits per heavy atom. The van der Waals surface area contributed by atoms with Crippen LogP contribution in [0.1, 0.15) is 21.8 Å². The van der Waals surface area contributed by atoms with Crippen molar-refractivity contribution in [3.63, 3.8) is 0 Å². The standard InChI is InChI=1S/C24H17Cl5N2O3/c1-34-21-17(26)9-12(10-18(21)27)19-20(24(19,28)29)23(33)31-14-7-8-16(25)15(11-14)22(32)30-13-5-3-2-4-6-13/h2-11,19-20H,1H3,(H,30,32)(H,31,33)/t19-,20+/m0/s1. The van der Waals surface area contributed by atoms with Crippen molar-refractivity contribution in [2.24, 2.45) is 5.92 Å². The lowest BCUT2D eigenvalue weighted by Crippen LogP contribution is -2.18. The number of alkyl halides is 2. The summed E-state index contributed by atoms with van der Waals surface area (Å²) < 4.78 is 3.81. The molecule has 0 unspecified atom stereocenters. The second kappa shape index (κ2) is 9.84. The van der Waals surface area contributed by atoms with E-state index in [-0.39, 0.29) is 20.6 Å². The van der Waals surface area contributed by atoms with Crippen molar-refractivity contribution >= 4 is 81.2 Å². The summed E-state index contributed by atoms with van der Waals surface area (Å²) in [5, 5.41) is 6.33. The lowest BCUT2D eigenvalue weighted by Gasteiger charge is -2.10. The topological polar surface area (TPSA) is 67.4 Å². The van der Waals surface area contributed by atoms with Crippen molar-refractivity contribution in [2.45, 2.75) is 10.3 Å². The number of anilines is 2. The van der Waals surface area contributed by atoms with Gasteiger partial charge in [0.15, 0.2) is 5.75 Å². The highest BCUT2D eigenvalue weighted by molar-refractivity contribution is 6.53. The van der Waals surface area contributed by atoms with Crippen LogP contribution in [0.25, 0.3) is 0 Å². The summed E-state index contributed by atoms with van der Waals surface area (Å²) in [7, 11) is 1.45. The first-order chi connectivity index (χ1) is 16.1. The molecule has 34 heavy (non-hydrogen) atoms. The van der Waals surface area contributed by atoms with Crippen molar-refractivity contribution in [1.29, 1.82) is 0 Å². The van der Waals surface area contributed by atoms with Gasteiger partial charge in [0.2, 0.25) is 5.91 Å². The second-order valence-corrected chi connectivity index (χ2v) is 10.3. The van der Waals surface area contributed by atoms with Crippen LogP contribution in [0, 0.1) is 5.92 Å². The Morgan fingerprint density at radius 3 is 2.12 bits per heavy atom. The van der Waals surface area contributed by atoms with Gasteiger partial charge in [-0.25, -0.2) is 0 Å². The van der Waals surface area contributed by atoms with E-state index in [0.717, 1.165) is 0 Å². The summed E-state index contributed by atoms with van der Waals surface area (Å²) in [5.74, 6) is -1.82. The van der Waals surface area contributed by atoms with E-state index in [1.165, 1.54) is 19.2 Å². The number of hydrogen-bond donors (Lipinski definition) is 2. The predicted molar refractivity (Wildman–Crippen MR) is 138 cm³/mol. The van der Waals surface area contributed by atoms with Crippen LogP contribution < -0.4 is 15.4 Å². The zero-order chi connectivity index (χ0) is 24.6. The third-order valence-corrected chi connectivity index (χ3v) is 7.26. The molecule has 2 amide bonds. The molecule has 4 rings (SSSR count). The van der Waals surface area contributed by atoms with Crippen LogP contribution in [0.4, 0.5) is 11.4 Å². The highest BCUT2D eigenvalue weighted by Crippen LogP contribution is 2.65. The lowest BCUT2D eigenvalue weighted by atomic mass is 10.1. The van der Waals surface area contributed by atoms with Crippen LogP contribution in [0.2, 0.25) is 15.1 Å². The molecule has 10 heteroatoms. The Bertz CT molecular complexity index is 1240. The molecule has 3 aromatic carbocycles. The monoisotopic (exact) mass is 556 g/mol. The molecule has 1 aliphatic rings. The van der Waals surface area contributed by atoms with Crippen molar-refractivity contribution in [3.8, 4) is 5.75 Å². The van der Waals surface area contributed by atoms with Gasteiger partial charge in [-0.15, -0.1) is 23.2 Å². The van der Waals surface area contributed by atoms with Crippen LogP contribution in [0.5, 0.6) is 5.75 Å². The molecule has 1 fully saturated rings. The number of amides is 2. The Labute approximate surface area is 221 Å². The second-order valence-electron chi connectivity index (χ2n) is 7.65. The molecule has 3 aromatic rings. The average Bonchev–Trinajstić information content (AvgIpc) is 3.37. The number of hydrogen-bond acceptors (Lipinski definition) is 3. The van der Waals surface area contributed by atoms with Crippen LogP contribution in [0.15, 0.2) is 60.7 Å². The van der Waals surface area contributed by atoms with E-state index in [0.29, 0.717) is 22.7 Å². The smallest absolute Gasteiger partial charge is 0.257 e. The van der Waals surface area contributed by atoms with Crippen molar-refractivity contribution < 1.29 is 14.3 Å². The van der Waals surface area contributed by atoms with Crippen molar-refractivity contribution in [3.05, 3.63) is 86.9 Å². The van der Waals surface area contributed by atoms with E-state index < -0.39 is 28.0 Å². The molecule has 2 N–H and O–H groups in total. The van der Waals surface area contributed by atoms with Crippen LogP contribution >= 0.6 is 58.0 Å². The minimum atomic E-state index is -1.36. The molecule has 0 spiro atoms. The highest BCUT2D eigenvalue weighted by atomic mass is 35.5. The average molecular weight is 559 g/mol. The fourth-order valence-electron chi connectivity index (χ4n) is 3.74. The number of benzene rings is 3. The number of carbonyl (C=O) groups is 2. The maximum absolute atomic E-state index is 13.0. The number of nitrogens with one attached hydrogen (secondary N) is 2. The van der Waals surface area contributed by atoms with Gasteiger partial charge < -0.3 is 15.4 Å². The molecule has 1 aliphatic carbocycles. The van der Waals surface area contributed by atoms with Gasteiger partial charge in [0.05, 0.1) is 33.7 Å². The molecule has 0 heterocycles. The predicted octanol–water partition coefficient (Wildman–Crippen LogP) is 7.43. The molecule has 1 saturated carbocycles. The normalized spacial score (nSPS) is 18.2. The quantitative estimate of drug-likeness (QED) is 0.309. The SMILES string of the molecule is COc1c(Cl)cc([C@H]2[C@H](C(=O)Nc3ccc(Cl)c(C(=O)Nc4ccccc4)c3)C2(Cl)Cl)cc1Cl. The molecular weight excluding hydrogens is 542 g/mol. The fraction of sp³-hybridized carbons (Fsp3) is 0.167. The first-order valence-electron chi connectivity index (χ1n) is 10.0. The van der Waals surface area contributed by atoms with E-state index >= 15 is 0 Å². The molecule has 0 aromatic heterocycles. The number of rotatable bonds is 6. The van der Waals surface area contributed by atoms with Gasteiger partial charge in [-0.3, -0.25) is 9.59 Å². The van der Waals surface area contributed by atoms with Gasteiger partial charge in [0.1, 0.15) is 4.33 Å². The van der Waals surface area contributed by atoms with E-state index in [1.54, 1.807) is 42.5 Å². The molecule has 0 radical (unpaired) electrons. The zero-order valence-corrected chi connectivity index (χ0v) is 21.3. The van der Waals surface area contributed by atoms with Crippen LogP contribution in [-0.4, -0.2) is 23.3 Å². The van der Waals surface area contributed by atoms with Gasteiger partial charge in [0.25, 0.3) is 5.91 Å². The Kier molecular flexibility index (Phi) is 7.22. The minimum Gasteiger partial charge on any atom is -0.494 e. The summed E-state index contributed by atoms with van der Waals surface area (Å²) in [4.78, 5) is 25.7. The van der Waals surface area contributed by atoms with Gasteiger partial charge >= 0.3 is 0 Å². The molecule has 2 atom stereocenters. The van der Waals surface area contributed by atoms with Gasteiger partial charge in [-0.1, -0.05) is 53.0 Å². The Balaban J connectivity index is 1.52. The maximum Gasteiger partial charge on any atom is 0.257 e. The summed E-state index contributed by atoms with van der Waals surface area (Å²) in [6.07, 6.45) is 0. The molecular formula is C24H17Cl5N2O3. The molecule has 0 aliphatic heterocycles. The number of halogens is 5. The summed E-state index contributed by atoms with van der Waals surface area (Å²) in [5.41, 5.74) is 1.80. The summed E-state index contributed by atoms with van der Waals surface area (Å²) in [6, 6.07) is 16.8. The van der Waals surface area contributed by atoms with E-state index in [1.807, 2.05) is 6.07 Å². The Hall–Kier alpha value is -2.15. The van der Waals surface area contributed by atoms with E-state index in [2.05, 4.69) is 10.6 Å². The summed E-state index contributed by atoms with van der Waals surface area (Å²) in [6.45, 7) is 0. The third kappa shape index (κ3) is 4.95. The first kappa shape index (κ1) is 25.0. The first-order valence-corrected chi connectivity index (χ1v) is 11.9. The highest BCUT2D eigenvalue weighted by Gasteiger charge is 2.67. The summed E-state index contributed by atoms with van der Waals surface area (Å²) >= 11 is 31.6. The third-order valence-electron chi connectivity index (χ3n) is 5.43. The molecule has 5 nitrogen and oxygen atoms in total. The van der Waals surface area contributed by atoms with Gasteiger partial charge in [-0.05, 0) is 48.0 Å². The van der Waals surface area contributed by atoms with Gasteiger partial charge in [-0.2, -0.15) is 0 Å². The van der Waals surface area contributed by atoms with Crippen molar-refractivity contribution in [2.75, 3.05) is 17.7 Å². The minimum absolute atomic E-state index is 0.201. The van der Waals surface area contributed by atoms with Crippen molar-refractivity contribution in [1.82, 2.24) is 0 Å². The number of ether oxygens (including phenoxy) is 1. The van der Waals surface area contributed by atoms with Crippen LogP contribution in [0.3, 0.4) is 0 Å². The zero-order valence-electron chi connectivity index (χ0n) is 17.5. The number of carbonyl (C=O) groups excluding carboxylic acids is 2. The lowest BCUT2D eigenvalue weighted by molar-refractivity contribution is -0.117. The molecule has 0 saturated heterocycles. The van der Waals surface area contributed by atoms with Crippen LogP contribution in [-0.2, 0) is 4.79 Å².